The fourth-order valence-electron chi connectivity index (χ4n) is 4.33. The Kier molecular flexibility index (Phi) is 6.07. The van der Waals surface area contributed by atoms with Crippen LogP contribution in [0.15, 0.2) is 18.2 Å². The number of amides is 3. The molecule has 3 aliphatic rings. The van der Waals surface area contributed by atoms with Gasteiger partial charge in [0, 0.05) is 18.7 Å². The fourth-order valence-corrected chi connectivity index (χ4v) is 4.33. The number of carbonyl (C=O) groups excluding carboxylic acids is 3. The smallest absolute Gasteiger partial charge is 0.261 e. The predicted octanol–water partition coefficient (Wildman–Crippen LogP) is 1.88. The lowest BCUT2D eigenvalue weighted by molar-refractivity contribution is 0.0475. The molecule has 4 rings (SSSR count). The van der Waals surface area contributed by atoms with Gasteiger partial charge in [0.05, 0.1) is 29.3 Å². The fraction of sp³-hybridized carbons (Fsp3) is 0.550. The number of nitrogens with two attached hydrogens (primary N) is 1. The van der Waals surface area contributed by atoms with Crippen LogP contribution in [0.5, 0.6) is 0 Å². The summed E-state index contributed by atoms with van der Waals surface area (Å²) in [4.78, 5) is 39.3. The second-order valence-corrected chi connectivity index (χ2v) is 7.76. The van der Waals surface area contributed by atoms with Crippen LogP contribution in [0, 0.1) is 0 Å². The molecule has 3 amide bonds. The number of imide groups is 1. The lowest BCUT2D eigenvalue weighted by atomic mass is 9.96. The normalized spacial score (nSPS) is 22.9. The molecule has 0 bridgehead atoms. The first kappa shape index (κ1) is 20.8. The van der Waals surface area contributed by atoms with E-state index in [2.05, 4.69) is 5.32 Å². The van der Waals surface area contributed by atoms with Crippen LogP contribution in [0.25, 0.3) is 0 Å². The molecule has 0 spiro atoms. The summed E-state index contributed by atoms with van der Waals surface area (Å²) in [6.07, 6.45) is 5.53. The summed E-state index contributed by atoms with van der Waals surface area (Å²) in [5, 5.41) is 3.05. The molecular formula is C20H26ClN3O4. The van der Waals surface area contributed by atoms with Crippen molar-refractivity contribution in [2.45, 2.75) is 50.2 Å². The van der Waals surface area contributed by atoms with E-state index in [9.17, 15) is 14.4 Å². The Morgan fingerprint density at radius 2 is 1.89 bits per heavy atom. The van der Waals surface area contributed by atoms with Gasteiger partial charge in [0.15, 0.2) is 0 Å². The Labute approximate surface area is 170 Å². The van der Waals surface area contributed by atoms with E-state index in [1.54, 1.807) is 12.1 Å². The Bertz CT molecular complexity index is 786. The Hall–Kier alpha value is -1.96. The van der Waals surface area contributed by atoms with Crippen LogP contribution in [0.3, 0.4) is 0 Å². The summed E-state index contributed by atoms with van der Waals surface area (Å²) in [5.74, 6) is -0.913. The summed E-state index contributed by atoms with van der Waals surface area (Å²) in [5.41, 5.74) is 6.55. The molecule has 1 saturated carbocycles. The van der Waals surface area contributed by atoms with E-state index < -0.39 is 0 Å². The zero-order valence-electron chi connectivity index (χ0n) is 15.7. The van der Waals surface area contributed by atoms with E-state index in [0.29, 0.717) is 29.8 Å². The number of hydrogen-bond donors (Lipinski definition) is 2. The van der Waals surface area contributed by atoms with Gasteiger partial charge < -0.3 is 15.8 Å². The lowest BCUT2D eigenvalue weighted by Gasteiger charge is -2.28. The molecular weight excluding hydrogens is 382 g/mol. The zero-order valence-corrected chi connectivity index (χ0v) is 16.6. The molecule has 1 aromatic carbocycles. The summed E-state index contributed by atoms with van der Waals surface area (Å²) in [7, 11) is 0. The first-order valence-electron chi connectivity index (χ1n) is 9.67. The van der Waals surface area contributed by atoms with Crippen LogP contribution in [-0.4, -0.2) is 54.0 Å². The maximum Gasteiger partial charge on any atom is 0.261 e. The molecule has 7 nitrogen and oxygen atoms in total. The third-order valence-electron chi connectivity index (χ3n) is 5.97. The molecule has 1 aromatic rings. The van der Waals surface area contributed by atoms with E-state index in [4.69, 9.17) is 10.5 Å². The van der Waals surface area contributed by atoms with Gasteiger partial charge in [0.1, 0.15) is 0 Å². The quantitative estimate of drug-likeness (QED) is 0.725. The van der Waals surface area contributed by atoms with Crippen molar-refractivity contribution < 1.29 is 19.1 Å². The first-order chi connectivity index (χ1) is 13.0. The molecule has 0 radical (unpaired) electrons. The van der Waals surface area contributed by atoms with Gasteiger partial charge in [0.2, 0.25) is 0 Å². The number of ether oxygens (including phenoxy) is 1. The van der Waals surface area contributed by atoms with Gasteiger partial charge in [-0.3, -0.25) is 19.3 Å². The largest absolute Gasteiger partial charge is 0.376 e. The van der Waals surface area contributed by atoms with Gasteiger partial charge in [-0.1, -0.05) is 12.8 Å². The molecule has 1 saturated heterocycles. The van der Waals surface area contributed by atoms with E-state index in [1.165, 1.54) is 11.0 Å². The third-order valence-corrected chi connectivity index (χ3v) is 5.97. The molecule has 3 N–H and O–H groups in total. The van der Waals surface area contributed by atoms with Gasteiger partial charge >= 0.3 is 0 Å². The van der Waals surface area contributed by atoms with Gasteiger partial charge in [-0.2, -0.15) is 0 Å². The lowest BCUT2D eigenvalue weighted by Crippen LogP contribution is -2.51. The SMILES string of the molecule is Cl.NCC1(NC(=O)c2ccc3c(c2)C(=O)N(CC2CCCO2)C3=O)CCCC1. The van der Waals surface area contributed by atoms with Gasteiger partial charge in [-0.05, 0) is 43.9 Å². The molecule has 8 heteroatoms. The monoisotopic (exact) mass is 407 g/mol. The van der Waals surface area contributed by atoms with Crippen molar-refractivity contribution in [2.24, 2.45) is 5.73 Å². The topological polar surface area (TPSA) is 102 Å². The molecule has 1 aliphatic carbocycles. The minimum Gasteiger partial charge on any atom is -0.376 e. The van der Waals surface area contributed by atoms with Crippen LogP contribution in [0.1, 0.15) is 69.6 Å². The molecule has 2 fully saturated rings. The molecule has 152 valence electrons. The number of carbonyl (C=O) groups is 3. The van der Waals surface area contributed by atoms with Crippen molar-refractivity contribution in [3.05, 3.63) is 34.9 Å². The highest BCUT2D eigenvalue weighted by molar-refractivity contribution is 6.22. The maximum atomic E-state index is 12.7. The van der Waals surface area contributed by atoms with Crippen molar-refractivity contribution in [2.75, 3.05) is 19.7 Å². The van der Waals surface area contributed by atoms with E-state index in [1.807, 2.05) is 0 Å². The van der Waals surface area contributed by atoms with Gasteiger partial charge in [0.25, 0.3) is 17.7 Å². The molecule has 1 atom stereocenters. The van der Waals surface area contributed by atoms with Crippen molar-refractivity contribution in [1.29, 1.82) is 0 Å². The minimum atomic E-state index is -0.359. The van der Waals surface area contributed by atoms with Crippen molar-refractivity contribution >= 4 is 30.1 Å². The number of nitrogens with one attached hydrogen (secondary N) is 1. The van der Waals surface area contributed by atoms with Crippen LogP contribution in [-0.2, 0) is 4.74 Å². The number of rotatable bonds is 5. The Morgan fingerprint density at radius 1 is 1.18 bits per heavy atom. The minimum absolute atomic E-state index is 0. The maximum absolute atomic E-state index is 12.7. The second-order valence-electron chi connectivity index (χ2n) is 7.76. The standard InChI is InChI=1S/C20H25N3O4.ClH/c21-12-20(7-1-2-8-20)22-17(24)13-5-6-15-16(10-13)19(26)23(18(15)25)11-14-4-3-9-27-14;/h5-6,10,14H,1-4,7-9,11-12,21H2,(H,22,24);1H. The molecule has 28 heavy (non-hydrogen) atoms. The molecule has 0 aromatic heterocycles. The van der Waals surface area contributed by atoms with Crippen LogP contribution in [0.4, 0.5) is 0 Å². The average molecular weight is 408 g/mol. The summed E-state index contributed by atoms with van der Waals surface area (Å²) < 4.78 is 5.55. The Balaban J connectivity index is 0.00000225. The van der Waals surface area contributed by atoms with Crippen LogP contribution < -0.4 is 11.1 Å². The van der Waals surface area contributed by atoms with Gasteiger partial charge in [-0.25, -0.2) is 0 Å². The number of hydrogen-bond acceptors (Lipinski definition) is 5. The van der Waals surface area contributed by atoms with Crippen LogP contribution >= 0.6 is 12.4 Å². The van der Waals surface area contributed by atoms with Crippen molar-refractivity contribution in [1.82, 2.24) is 10.2 Å². The molecule has 1 unspecified atom stereocenters. The molecule has 2 heterocycles. The molecule has 2 aliphatic heterocycles. The van der Waals surface area contributed by atoms with Crippen LogP contribution in [0.2, 0.25) is 0 Å². The van der Waals surface area contributed by atoms with E-state index >= 15 is 0 Å². The second kappa shape index (κ2) is 8.19. The summed E-state index contributed by atoms with van der Waals surface area (Å²) in [6, 6.07) is 4.71. The van der Waals surface area contributed by atoms with Crippen molar-refractivity contribution in [3.63, 3.8) is 0 Å². The number of fused-ring (bicyclic) bond motifs is 1. The first-order valence-corrected chi connectivity index (χ1v) is 9.67. The van der Waals surface area contributed by atoms with E-state index in [0.717, 1.165) is 38.5 Å². The highest BCUT2D eigenvalue weighted by Gasteiger charge is 2.39. The number of nitrogens with zero attached hydrogens (tertiary/aromatic N) is 1. The summed E-state index contributed by atoms with van der Waals surface area (Å²) in [6.45, 7) is 1.33. The Morgan fingerprint density at radius 3 is 2.54 bits per heavy atom. The average Bonchev–Trinajstić information content (AvgIpc) is 3.40. The summed E-state index contributed by atoms with van der Waals surface area (Å²) >= 11 is 0. The third kappa shape index (κ3) is 3.66. The van der Waals surface area contributed by atoms with Crippen molar-refractivity contribution in [3.8, 4) is 0 Å². The van der Waals surface area contributed by atoms with Gasteiger partial charge in [-0.15, -0.1) is 12.4 Å². The van der Waals surface area contributed by atoms with E-state index in [-0.39, 0.29) is 48.3 Å². The highest BCUT2D eigenvalue weighted by Crippen LogP contribution is 2.30. The highest BCUT2D eigenvalue weighted by atomic mass is 35.5. The zero-order chi connectivity index (χ0) is 19.0. The number of benzene rings is 1. The number of halogens is 1. The predicted molar refractivity (Wildman–Crippen MR) is 106 cm³/mol.